The van der Waals surface area contributed by atoms with E-state index in [1.54, 1.807) is 0 Å². The molecule has 1 aliphatic rings. The normalized spacial score (nSPS) is 21.9. The van der Waals surface area contributed by atoms with E-state index in [0.29, 0.717) is 0 Å². The van der Waals surface area contributed by atoms with Crippen molar-refractivity contribution in [1.82, 2.24) is 4.90 Å². The molecule has 0 spiro atoms. The monoisotopic (exact) mass is 249 g/mol. The van der Waals surface area contributed by atoms with E-state index < -0.39 is 28.2 Å². The lowest BCUT2D eigenvalue weighted by molar-refractivity contribution is -0.147. The molecular weight excluding hydrogens is 238 g/mol. The molecule has 0 saturated carbocycles. The van der Waals surface area contributed by atoms with Gasteiger partial charge in [-0.3, -0.25) is 4.90 Å². The summed E-state index contributed by atoms with van der Waals surface area (Å²) in [6.07, 6.45) is -4.44. The van der Waals surface area contributed by atoms with Gasteiger partial charge >= 0.3 is 16.4 Å². The Bertz CT molecular complexity index is 305. The molecule has 0 unspecified atom stereocenters. The predicted molar refractivity (Wildman–Crippen MR) is 45.5 cm³/mol. The lowest BCUT2D eigenvalue weighted by Crippen LogP contribution is -2.42. The zero-order valence-electron chi connectivity index (χ0n) is 7.80. The summed E-state index contributed by atoms with van der Waals surface area (Å²) in [5.74, 6) is 0. The zero-order valence-corrected chi connectivity index (χ0v) is 8.61. The van der Waals surface area contributed by atoms with Crippen molar-refractivity contribution in [1.29, 1.82) is 0 Å². The molecule has 15 heavy (non-hydrogen) atoms. The van der Waals surface area contributed by atoms with Gasteiger partial charge in [0, 0.05) is 0 Å². The van der Waals surface area contributed by atoms with E-state index in [-0.39, 0.29) is 25.9 Å². The maximum absolute atomic E-state index is 12.5. The molecule has 0 radical (unpaired) electrons. The van der Waals surface area contributed by atoms with Crippen LogP contribution in [-0.4, -0.2) is 44.4 Å². The third-order valence-corrected chi connectivity index (χ3v) is 3.60. The lowest BCUT2D eigenvalue weighted by Gasteiger charge is -2.30. The minimum atomic E-state index is -4.60. The Morgan fingerprint density at radius 3 is 2.00 bits per heavy atom. The highest BCUT2D eigenvalue weighted by molar-refractivity contribution is 7.87. The second-order valence-electron chi connectivity index (χ2n) is 3.57. The number of nitrogens with zero attached hydrogens (tertiary/aromatic N) is 1. The van der Waals surface area contributed by atoms with Gasteiger partial charge in [-0.05, 0) is 25.9 Å². The van der Waals surface area contributed by atoms with Gasteiger partial charge in [-0.15, -0.1) is 3.89 Å². The number of halogens is 4. The molecule has 3 nitrogen and oxygen atoms in total. The average Bonchev–Trinajstić information content (AvgIpc) is 2.00. The highest BCUT2D eigenvalue weighted by Crippen LogP contribution is 2.23. The van der Waals surface area contributed by atoms with Crippen molar-refractivity contribution in [2.24, 2.45) is 0 Å². The van der Waals surface area contributed by atoms with Crippen LogP contribution in [-0.2, 0) is 10.2 Å². The Morgan fingerprint density at radius 2 is 1.67 bits per heavy atom. The minimum absolute atomic E-state index is 0.0344. The van der Waals surface area contributed by atoms with Gasteiger partial charge in [0.25, 0.3) is 0 Å². The highest BCUT2D eigenvalue weighted by Gasteiger charge is 2.35. The van der Waals surface area contributed by atoms with Crippen LogP contribution >= 0.6 is 0 Å². The van der Waals surface area contributed by atoms with Gasteiger partial charge in [-0.2, -0.15) is 21.6 Å². The summed E-state index contributed by atoms with van der Waals surface area (Å²) in [5, 5.41) is -1.14. The van der Waals surface area contributed by atoms with Gasteiger partial charge in [0.1, 0.15) is 0 Å². The Morgan fingerprint density at radius 1 is 1.20 bits per heavy atom. The molecule has 8 heteroatoms. The van der Waals surface area contributed by atoms with Crippen molar-refractivity contribution in [3.63, 3.8) is 0 Å². The minimum Gasteiger partial charge on any atom is -0.295 e. The first kappa shape index (κ1) is 12.7. The van der Waals surface area contributed by atoms with E-state index in [4.69, 9.17) is 0 Å². The predicted octanol–water partition coefficient (Wildman–Crippen LogP) is 1.31. The largest absolute Gasteiger partial charge is 0.401 e. The third kappa shape index (κ3) is 4.33. The van der Waals surface area contributed by atoms with E-state index in [9.17, 15) is 25.5 Å². The van der Waals surface area contributed by atoms with Crippen LogP contribution in [0.5, 0.6) is 0 Å². The first-order chi connectivity index (χ1) is 6.68. The molecule has 0 aromatic rings. The first-order valence-corrected chi connectivity index (χ1v) is 5.86. The Kier molecular flexibility index (Phi) is 3.59. The van der Waals surface area contributed by atoms with Crippen LogP contribution in [0.15, 0.2) is 0 Å². The smallest absolute Gasteiger partial charge is 0.295 e. The molecule has 0 aromatic carbocycles. The number of hydrogen-bond acceptors (Lipinski definition) is 3. The van der Waals surface area contributed by atoms with Crippen LogP contribution in [0, 0.1) is 0 Å². The highest BCUT2D eigenvalue weighted by atomic mass is 32.3. The average molecular weight is 249 g/mol. The van der Waals surface area contributed by atoms with E-state index in [0.717, 1.165) is 4.90 Å². The summed E-state index contributed by atoms with van der Waals surface area (Å²) in [5.41, 5.74) is 0. The van der Waals surface area contributed by atoms with Crippen molar-refractivity contribution in [3.8, 4) is 0 Å². The molecule has 0 aromatic heterocycles. The van der Waals surface area contributed by atoms with Crippen LogP contribution in [0.1, 0.15) is 12.8 Å². The summed E-state index contributed by atoms with van der Waals surface area (Å²) >= 11 is 0. The fourth-order valence-electron chi connectivity index (χ4n) is 1.60. The van der Waals surface area contributed by atoms with Crippen LogP contribution in [0.25, 0.3) is 0 Å². The van der Waals surface area contributed by atoms with Crippen molar-refractivity contribution in [3.05, 3.63) is 0 Å². The zero-order chi connectivity index (χ0) is 11.7. The fraction of sp³-hybridized carbons (Fsp3) is 1.00. The maximum Gasteiger partial charge on any atom is 0.401 e. The summed E-state index contributed by atoms with van der Waals surface area (Å²) in [7, 11) is -4.60. The molecular formula is C7H11F4NO2S. The molecule has 1 saturated heterocycles. The van der Waals surface area contributed by atoms with Gasteiger partial charge < -0.3 is 0 Å². The number of hydrogen-bond donors (Lipinski definition) is 0. The summed E-state index contributed by atoms with van der Waals surface area (Å²) in [6, 6.07) is 0. The van der Waals surface area contributed by atoms with E-state index >= 15 is 0 Å². The standard InChI is InChI=1S/C7H11F4NO2S/c8-7(9,10)5-12-3-1-6(2-4-12)15(11,13)14/h6H,1-5H2. The van der Waals surface area contributed by atoms with Gasteiger partial charge in [0.15, 0.2) is 0 Å². The lowest BCUT2D eigenvalue weighted by atomic mass is 10.1. The van der Waals surface area contributed by atoms with Crippen molar-refractivity contribution >= 4 is 10.2 Å². The summed E-state index contributed by atoms with van der Waals surface area (Å²) in [4.78, 5) is 1.08. The molecule has 0 aliphatic carbocycles. The van der Waals surface area contributed by atoms with E-state index in [1.807, 2.05) is 0 Å². The van der Waals surface area contributed by atoms with Gasteiger partial charge in [0.05, 0.1) is 11.8 Å². The SMILES string of the molecule is O=S(=O)(F)C1CCN(CC(F)(F)F)CC1. The summed E-state index contributed by atoms with van der Waals surface area (Å²) in [6.45, 7) is -1.13. The fourth-order valence-corrected chi connectivity index (χ4v) is 2.38. The number of piperidine rings is 1. The Hall–Kier alpha value is -0.370. The topological polar surface area (TPSA) is 37.4 Å². The van der Waals surface area contributed by atoms with Crippen molar-refractivity contribution in [2.45, 2.75) is 24.3 Å². The van der Waals surface area contributed by atoms with Crippen molar-refractivity contribution < 1.29 is 25.5 Å². The van der Waals surface area contributed by atoms with Crippen LogP contribution in [0.3, 0.4) is 0 Å². The molecule has 1 aliphatic heterocycles. The van der Waals surface area contributed by atoms with Gasteiger partial charge in [-0.1, -0.05) is 0 Å². The van der Waals surface area contributed by atoms with Crippen LogP contribution < -0.4 is 0 Å². The molecule has 0 amide bonds. The van der Waals surface area contributed by atoms with Crippen LogP contribution in [0.4, 0.5) is 17.1 Å². The molecule has 1 rings (SSSR count). The molecule has 90 valence electrons. The number of alkyl halides is 3. The van der Waals surface area contributed by atoms with Crippen LogP contribution in [0.2, 0.25) is 0 Å². The molecule has 1 fully saturated rings. The van der Waals surface area contributed by atoms with Gasteiger partial charge in [0.2, 0.25) is 0 Å². The quantitative estimate of drug-likeness (QED) is 0.547. The first-order valence-electron chi connectivity index (χ1n) is 4.41. The Labute approximate surface area is 85.3 Å². The van der Waals surface area contributed by atoms with Gasteiger partial charge in [-0.25, -0.2) is 0 Å². The number of likely N-dealkylation sites (tertiary alicyclic amines) is 1. The van der Waals surface area contributed by atoms with E-state index in [1.165, 1.54) is 0 Å². The molecule has 0 bridgehead atoms. The van der Waals surface area contributed by atoms with E-state index in [2.05, 4.69) is 0 Å². The second kappa shape index (κ2) is 4.25. The molecule has 1 heterocycles. The maximum atomic E-state index is 12.5. The number of rotatable bonds is 2. The summed E-state index contributed by atoms with van der Waals surface area (Å²) < 4.78 is 69.2. The molecule has 0 atom stereocenters. The third-order valence-electron chi connectivity index (χ3n) is 2.34. The Balaban J connectivity index is 2.43. The van der Waals surface area contributed by atoms with Crippen molar-refractivity contribution in [2.75, 3.05) is 19.6 Å². The second-order valence-corrected chi connectivity index (χ2v) is 5.18. The molecule has 0 N–H and O–H groups in total.